The van der Waals surface area contributed by atoms with Gasteiger partial charge in [0, 0.05) is 13.1 Å². The number of carbonyl (C=O) groups is 2. The van der Waals surface area contributed by atoms with Crippen molar-refractivity contribution in [2.75, 3.05) is 24.5 Å². The van der Waals surface area contributed by atoms with Gasteiger partial charge in [-0.25, -0.2) is 0 Å². The highest BCUT2D eigenvalue weighted by atomic mass is 35.5. The number of hydrogen-bond donors (Lipinski definition) is 1. The number of nitrogens with zero attached hydrogens (tertiary/aromatic N) is 1. The molecule has 1 aliphatic rings. The molecule has 0 saturated heterocycles. The molecule has 1 amide bonds. The van der Waals surface area contributed by atoms with Gasteiger partial charge in [0.15, 0.2) is 0 Å². The topological polar surface area (TPSA) is 49.4 Å². The second-order valence-electron chi connectivity index (χ2n) is 4.50. The third-order valence-corrected chi connectivity index (χ3v) is 3.64. The van der Waals surface area contributed by atoms with Crippen LogP contribution in [-0.4, -0.2) is 31.3 Å². The molecule has 6 heteroatoms. The molecule has 20 heavy (non-hydrogen) atoms. The van der Waals surface area contributed by atoms with E-state index in [9.17, 15) is 9.59 Å². The van der Waals surface area contributed by atoms with Crippen LogP contribution in [0.2, 0.25) is 10.0 Å². The summed E-state index contributed by atoms with van der Waals surface area (Å²) >= 11 is 12.1. The number of carbonyl (C=O) groups excluding carboxylic acids is 2. The Hall–Kier alpha value is -1.36. The first-order valence-corrected chi connectivity index (χ1v) is 6.94. The molecular weight excluding hydrogens is 299 g/mol. The molecule has 0 aromatic heterocycles. The van der Waals surface area contributed by atoms with Crippen molar-refractivity contribution < 1.29 is 9.59 Å². The Bertz CT molecular complexity index is 599. The van der Waals surface area contributed by atoms with E-state index in [0.29, 0.717) is 17.3 Å². The summed E-state index contributed by atoms with van der Waals surface area (Å²) in [6.45, 7) is 7.49. The summed E-state index contributed by atoms with van der Waals surface area (Å²) < 4.78 is 0. The summed E-state index contributed by atoms with van der Waals surface area (Å²) in [5.74, 6) is -1.24. The Morgan fingerprint density at radius 2 is 1.95 bits per heavy atom. The highest BCUT2D eigenvalue weighted by Crippen LogP contribution is 2.40. The highest BCUT2D eigenvalue weighted by molar-refractivity contribution is 6.57. The lowest BCUT2D eigenvalue weighted by Crippen LogP contribution is -2.33. The molecule has 1 heterocycles. The summed E-state index contributed by atoms with van der Waals surface area (Å²) in [4.78, 5) is 25.4. The van der Waals surface area contributed by atoms with Crippen LogP contribution < -0.4 is 10.2 Å². The first-order valence-electron chi connectivity index (χ1n) is 6.19. The van der Waals surface area contributed by atoms with Crippen molar-refractivity contribution in [3.05, 3.63) is 39.9 Å². The van der Waals surface area contributed by atoms with Gasteiger partial charge in [-0.15, -0.1) is 0 Å². The fraction of sp³-hybridized carbons (Fsp3) is 0.286. The van der Waals surface area contributed by atoms with Crippen LogP contribution >= 0.6 is 23.2 Å². The van der Waals surface area contributed by atoms with Gasteiger partial charge in [0.05, 0.1) is 21.3 Å². The third kappa shape index (κ3) is 2.59. The predicted octanol–water partition coefficient (Wildman–Crippen LogP) is 2.69. The highest BCUT2D eigenvalue weighted by Gasteiger charge is 2.39. The number of Topliss-reactive ketones (excluding diaryl/α,β-unsaturated/α-hetero) is 1. The minimum Gasteiger partial charge on any atom is -0.313 e. The number of ketones is 1. The smallest absolute Gasteiger partial charge is 0.299 e. The molecule has 4 nitrogen and oxygen atoms in total. The number of amides is 1. The number of halogens is 2. The van der Waals surface area contributed by atoms with Gasteiger partial charge >= 0.3 is 0 Å². The second-order valence-corrected chi connectivity index (χ2v) is 5.32. The molecule has 2 rings (SSSR count). The number of nitrogens with one attached hydrogen (secondary N) is 1. The quantitative estimate of drug-likeness (QED) is 0.672. The fourth-order valence-electron chi connectivity index (χ4n) is 2.08. The van der Waals surface area contributed by atoms with E-state index >= 15 is 0 Å². The number of fused-ring (bicyclic) bond motifs is 1. The number of hydrogen-bond acceptors (Lipinski definition) is 3. The zero-order valence-electron chi connectivity index (χ0n) is 11.0. The van der Waals surface area contributed by atoms with Crippen molar-refractivity contribution in [1.82, 2.24) is 5.32 Å². The summed E-state index contributed by atoms with van der Waals surface area (Å²) in [6, 6.07) is 3.10. The minimum absolute atomic E-state index is 0.181. The van der Waals surface area contributed by atoms with Gasteiger partial charge in [-0.3, -0.25) is 14.5 Å². The Morgan fingerprint density at radius 3 is 2.60 bits per heavy atom. The van der Waals surface area contributed by atoms with Crippen molar-refractivity contribution in [3.63, 3.8) is 0 Å². The van der Waals surface area contributed by atoms with Gasteiger partial charge in [0.25, 0.3) is 11.7 Å². The van der Waals surface area contributed by atoms with Crippen LogP contribution in [0.3, 0.4) is 0 Å². The van der Waals surface area contributed by atoms with Crippen LogP contribution in [0.15, 0.2) is 24.3 Å². The number of anilines is 1. The van der Waals surface area contributed by atoms with E-state index in [4.69, 9.17) is 23.2 Å². The second kappa shape index (κ2) is 5.95. The van der Waals surface area contributed by atoms with Gasteiger partial charge in [-0.05, 0) is 24.3 Å². The number of likely N-dealkylation sites (N-methyl/N-ethyl adjacent to an activating group) is 1. The maximum Gasteiger partial charge on any atom is 0.299 e. The lowest BCUT2D eigenvalue weighted by molar-refractivity contribution is -0.114. The van der Waals surface area contributed by atoms with E-state index in [2.05, 4.69) is 11.9 Å². The molecule has 0 atom stereocenters. The molecule has 0 unspecified atom stereocenters. The Balaban J connectivity index is 2.34. The molecule has 0 bridgehead atoms. The Morgan fingerprint density at radius 1 is 1.30 bits per heavy atom. The standard InChI is InChI=1S/C14H14Cl2N2O2/c1-3-17-6-8(2)7-18-12-10(16)5-4-9(15)11(12)13(19)14(18)20/h4-5,17H,2-3,6-7H2,1H3. The molecular formula is C14H14Cl2N2O2. The third-order valence-electron chi connectivity index (χ3n) is 3.02. The van der Waals surface area contributed by atoms with Crippen molar-refractivity contribution in [2.24, 2.45) is 0 Å². The maximum atomic E-state index is 12.1. The molecule has 1 aromatic rings. The minimum atomic E-state index is -0.622. The van der Waals surface area contributed by atoms with Crippen LogP contribution in [0.25, 0.3) is 0 Å². The fourth-order valence-corrected chi connectivity index (χ4v) is 2.58. The Labute approximate surface area is 127 Å². The van der Waals surface area contributed by atoms with E-state index in [1.54, 1.807) is 6.07 Å². The van der Waals surface area contributed by atoms with Crippen molar-refractivity contribution in [2.45, 2.75) is 6.92 Å². The van der Waals surface area contributed by atoms with E-state index in [1.165, 1.54) is 11.0 Å². The van der Waals surface area contributed by atoms with Crippen LogP contribution in [-0.2, 0) is 4.79 Å². The maximum absolute atomic E-state index is 12.1. The van der Waals surface area contributed by atoms with E-state index in [0.717, 1.165) is 12.1 Å². The monoisotopic (exact) mass is 312 g/mol. The van der Waals surface area contributed by atoms with Crippen molar-refractivity contribution in [3.8, 4) is 0 Å². The van der Waals surface area contributed by atoms with Gasteiger partial charge in [-0.1, -0.05) is 36.7 Å². The average molecular weight is 313 g/mol. The largest absolute Gasteiger partial charge is 0.313 e. The zero-order chi connectivity index (χ0) is 14.9. The van der Waals surface area contributed by atoms with Gasteiger partial charge < -0.3 is 5.32 Å². The molecule has 0 aliphatic carbocycles. The molecule has 1 aliphatic heterocycles. The lowest BCUT2D eigenvalue weighted by atomic mass is 10.1. The molecule has 0 spiro atoms. The normalized spacial score (nSPS) is 13.8. The number of benzene rings is 1. The van der Waals surface area contributed by atoms with Crippen molar-refractivity contribution >= 4 is 40.6 Å². The van der Waals surface area contributed by atoms with E-state index < -0.39 is 11.7 Å². The SMILES string of the molecule is C=C(CNCC)CN1C(=O)C(=O)c2c(Cl)ccc(Cl)c21. The lowest BCUT2D eigenvalue weighted by Gasteiger charge is -2.19. The van der Waals surface area contributed by atoms with Crippen LogP contribution in [0.5, 0.6) is 0 Å². The summed E-state index contributed by atoms with van der Waals surface area (Å²) in [7, 11) is 0. The van der Waals surface area contributed by atoms with Gasteiger partial charge in [0.2, 0.25) is 0 Å². The molecule has 0 fully saturated rings. The van der Waals surface area contributed by atoms with Gasteiger partial charge in [-0.2, -0.15) is 0 Å². The Kier molecular flexibility index (Phi) is 4.48. The molecule has 1 N–H and O–H groups in total. The van der Waals surface area contributed by atoms with E-state index in [-0.39, 0.29) is 17.1 Å². The first kappa shape index (κ1) is 15.0. The van der Waals surface area contributed by atoms with E-state index in [1.807, 2.05) is 6.92 Å². The molecule has 106 valence electrons. The first-order chi connectivity index (χ1) is 9.47. The predicted molar refractivity (Wildman–Crippen MR) is 80.8 cm³/mol. The molecule has 0 radical (unpaired) electrons. The summed E-state index contributed by atoms with van der Waals surface area (Å²) in [5.41, 5.74) is 1.35. The zero-order valence-corrected chi connectivity index (χ0v) is 12.5. The van der Waals surface area contributed by atoms with Crippen molar-refractivity contribution in [1.29, 1.82) is 0 Å². The molecule has 0 saturated carbocycles. The van der Waals surface area contributed by atoms with Crippen LogP contribution in [0, 0.1) is 0 Å². The van der Waals surface area contributed by atoms with Gasteiger partial charge in [0.1, 0.15) is 0 Å². The van der Waals surface area contributed by atoms with Crippen LogP contribution in [0.1, 0.15) is 17.3 Å². The molecule has 1 aromatic carbocycles. The average Bonchev–Trinajstić information content (AvgIpc) is 2.67. The van der Waals surface area contributed by atoms with Crippen LogP contribution in [0.4, 0.5) is 5.69 Å². The summed E-state index contributed by atoms with van der Waals surface area (Å²) in [5, 5.41) is 3.69. The number of rotatable bonds is 5. The summed E-state index contributed by atoms with van der Waals surface area (Å²) in [6.07, 6.45) is 0.